The third-order valence-electron chi connectivity index (χ3n) is 2.39. The van der Waals surface area contributed by atoms with E-state index in [0.29, 0.717) is 6.54 Å². The lowest BCUT2D eigenvalue weighted by molar-refractivity contribution is -0.136. The molecular formula is C12H16F3N3O. The standard InChI is InChI=1S/C12H16F3N3O/c1-2-17-11(19)5-6-18-10-4-3-8(16)7-9(10)12(13,14)15/h3-4,7,18H,2,5-6,16H2,1H3,(H,17,19). The van der Waals surface area contributed by atoms with Crippen LogP contribution in [-0.2, 0) is 11.0 Å². The third kappa shape index (κ3) is 4.69. The minimum absolute atomic E-state index is 0.0431. The maximum absolute atomic E-state index is 12.8. The quantitative estimate of drug-likeness (QED) is 0.722. The highest BCUT2D eigenvalue weighted by Gasteiger charge is 2.33. The molecule has 1 aromatic rings. The first kappa shape index (κ1) is 15.1. The number of anilines is 2. The molecular weight excluding hydrogens is 259 g/mol. The molecule has 0 bridgehead atoms. The fraction of sp³-hybridized carbons (Fsp3) is 0.417. The molecule has 0 saturated heterocycles. The lowest BCUT2D eigenvalue weighted by Crippen LogP contribution is -2.25. The summed E-state index contributed by atoms with van der Waals surface area (Å²) >= 11 is 0. The Hall–Kier alpha value is -1.92. The molecule has 7 heteroatoms. The molecule has 0 fully saturated rings. The topological polar surface area (TPSA) is 67.2 Å². The van der Waals surface area contributed by atoms with Gasteiger partial charge in [-0.2, -0.15) is 13.2 Å². The molecule has 1 rings (SSSR count). The van der Waals surface area contributed by atoms with Crippen LogP contribution in [0.5, 0.6) is 0 Å². The van der Waals surface area contributed by atoms with Gasteiger partial charge in [-0.25, -0.2) is 0 Å². The molecule has 4 nitrogen and oxygen atoms in total. The zero-order valence-corrected chi connectivity index (χ0v) is 10.5. The van der Waals surface area contributed by atoms with Gasteiger partial charge < -0.3 is 16.4 Å². The van der Waals surface area contributed by atoms with Crippen LogP contribution in [-0.4, -0.2) is 19.0 Å². The predicted octanol–water partition coefficient (Wildman–Crippen LogP) is 2.23. The van der Waals surface area contributed by atoms with Crippen LogP contribution in [0.15, 0.2) is 18.2 Å². The van der Waals surface area contributed by atoms with E-state index in [-0.39, 0.29) is 30.2 Å². The summed E-state index contributed by atoms with van der Waals surface area (Å²) in [6.07, 6.45) is -4.38. The van der Waals surface area contributed by atoms with E-state index < -0.39 is 11.7 Å². The van der Waals surface area contributed by atoms with E-state index >= 15 is 0 Å². The van der Waals surface area contributed by atoms with Gasteiger partial charge in [0.25, 0.3) is 0 Å². The summed E-state index contributed by atoms with van der Waals surface area (Å²) < 4.78 is 38.3. The van der Waals surface area contributed by atoms with E-state index in [1.165, 1.54) is 12.1 Å². The Bertz CT molecular complexity index is 446. The molecule has 0 spiro atoms. The van der Waals surface area contributed by atoms with E-state index in [1.807, 2.05) is 0 Å². The van der Waals surface area contributed by atoms with Gasteiger partial charge in [-0.05, 0) is 25.1 Å². The average Bonchev–Trinajstić information content (AvgIpc) is 2.30. The van der Waals surface area contributed by atoms with E-state index in [2.05, 4.69) is 10.6 Å². The minimum atomic E-state index is -4.48. The van der Waals surface area contributed by atoms with Crippen LogP contribution in [0, 0.1) is 0 Å². The van der Waals surface area contributed by atoms with Crippen LogP contribution in [0.2, 0.25) is 0 Å². The number of benzene rings is 1. The number of nitrogen functional groups attached to an aromatic ring is 1. The summed E-state index contributed by atoms with van der Waals surface area (Å²) in [5, 5.41) is 5.16. The van der Waals surface area contributed by atoms with Crippen molar-refractivity contribution in [1.29, 1.82) is 0 Å². The van der Waals surface area contributed by atoms with E-state index in [1.54, 1.807) is 6.92 Å². The second kappa shape index (κ2) is 6.31. The number of rotatable bonds is 5. The van der Waals surface area contributed by atoms with Crippen LogP contribution in [0.25, 0.3) is 0 Å². The van der Waals surface area contributed by atoms with E-state index in [0.717, 1.165) is 6.07 Å². The Morgan fingerprint density at radius 1 is 1.37 bits per heavy atom. The molecule has 106 valence electrons. The summed E-state index contributed by atoms with van der Waals surface area (Å²) in [5.74, 6) is -0.209. The van der Waals surface area contributed by atoms with Crippen LogP contribution in [0.1, 0.15) is 18.9 Å². The Balaban J connectivity index is 2.71. The predicted molar refractivity (Wildman–Crippen MR) is 67.6 cm³/mol. The summed E-state index contributed by atoms with van der Waals surface area (Å²) in [7, 11) is 0. The zero-order chi connectivity index (χ0) is 14.5. The number of alkyl halides is 3. The lowest BCUT2D eigenvalue weighted by Gasteiger charge is -2.15. The first-order chi connectivity index (χ1) is 8.84. The maximum Gasteiger partial charge on any atom is 0.418 e. The van der Waals surface area contributed by atoms with Crippen LogP contribution < -0.4 is 16.4 Å². The number of hydrogen-bond acceptors (Lipinski definition) is 3. The summed E-state index contributed by atoms with van der Waals surface area (Å²) in [5.41, 5.74) is 4.48. The van der Waals surface area contributed by atoms with Gasteiger partial charge in [-0.1, -0.05) is 0 Å². The van der Waals surface area contributed by atoms with Crippen molar-refractivity contribution >= 4 is 17.3 Å². The zero-order valence-electron chi connectivity index (χ0n) is 10.5. The number of nitrogens with two attached hydrogens (primary N) is 1. The molecule has 19 heavy (non-hydrogen) atoms. The largest absolute Gasteiger partial charge is 0.418 e. The molecule has 0 aliphatic carbocycles. The summed E-state index contributed by atoms with van der Waals surface area (Å²) in [6, 6.07) is 3.51. The molecule has 0 heterocycles. The monoisotopic (exact) mass is 275 g/mol. The van der Waals surface area contributed by atoms with Crippen molar-refractivity contribution in [3.8, 4) is 0 Å². The van der Waals surface area contributed by atoms with E-state index in [9.17, 15) is 18.0 Å². The maximum atomic E-state index is 12.8. The van der Waals surface area contributed by atoms with Gasteiger partial charge in [-0.3, -0.25) is 4.79 Å². The number of nitrogens with one attached hydrogen (secondary N) is 2. The molecule has 0 aliphatic heterocycles. The van der Waals surface area contributed by atoms with Gasteiger partial charge in [0.1, 0.15) is 0 Å². The Labute approximate surface area is 109 Å². The number of amides is 1. The Morgan fingerprint density at radius 3 is 2.63 bits per heavy atom. The molecule has 1 aromatic carbocycles. The van der Waals surface area contributed by atoms with Gasteiger partial charge in [0.15, 0.2) is 0 Å². The molecule has 4 N–H and O–H groups in total. The number of hydrogen-bond donors (Lipinski definition) is 3. The second-order valence-electron chi connectivity index (χ2n) is 3.93. The molecule has 0 unspecified atom stereocenters. The SMILES string of the molecule is CCNC(=O)CCNc1ccc(N)cc1C(F)(F)F. The molecule has 0 radical (unpaired) electrons. The van der Waals surface area contributed by atoms with Crippen molar-refractivity contribution < 1.29 is 18.0 Å². The highest BCUT2D eigenvalue weighted by Crippen LogP contribution is 2.35. The van der Waals surface area contributed by atoms with Crippen LogP contribution in [0.3, 0.4) is 0 Å². The number of halogens is 3. The van der Waals surface area contributed by atoms with Crippen molar-refractivity contribution in [2.24, 2.45) is 0 Å². The lowest BCUT2D eigenvalue weighted by atomic mass is 10.1. The van der Waals surface area contributed by atoms with Gasteiger partial charge in [0.05, 0.1) is 5.56 Å². The Morgan fingerprint density at radius 2 is 2.05 bits per heavy atom. The highest BCUT2D eigenvalue weighted by atomic mass is 19.4. The van der Waals surface area contributed by atoms with Gasteiger partial charge in [0, 0.05) is 30.9 Å². The van der Waals surface area contributed by atoms with Gasteiger partial charge in [-0.15, -0.1) is 0 Å². The average molecular weight is 275 g/mol. The Kier molecular flexibility index (Phi) is 5.02. The molecule has 0 aliphatic rings. The van der Waals surface area contributed by atoms with Crippen molar-refractivity contribution in [3.63, 3.8) is 0 Å². The highest BCUT2D eigenvalue weighted by molar-refractivity contribution is 5.76. The van der Waals surface area contributed by atoms with Crippen molar-refractivity contribution in [3.05, 3.63) is 23.8 Å². The first-order valence-corrected chi connectivity index (χ1v) is 5.82. The van der Waals surface area contributed by atoms with Crippen molar-refractivity contribution in [1.82, 2.24) is 5.32 Å². The van der Waals surface area contributed by atoms with Crippen LogP contribution in [0.4, 0.5) is 24.5 Å². The van der Waals surface area contributed by atoms with Gasteiger partial charge >= 0.3 is 6.18 Å². The molecule has 0 atom stereocenters. The summed E-state index contributed by atoms with van der Waals surface area (Å²) in [4.78, 5) is 11.2. The number of carbonyl (C=O) groups excluding carboxylic acids is 1. The van der Waals surface area contributed by atoms with Gasteiger partial charge in [0.2, 0.25) is 5.91 Å². The van der Waals surface area contributed by atoms with Crippen LogP contribution >= 0.6 is 0 Å². The van der Waals surface area contributed by atoms with Crippen molar-refractivity contribution in [2.45, 2.75) is 19.5 Å². The van der Waals surface area contributed by atoms with Crippen molar-refractivity contribution in [2.75, 3.05) is 24.1 Å². The normalized spacial score (nSPS) is 11.2. The molecule has 0 aromatic heterocycles. The first-order valence-electron chi connectivity index (χ1n) is 5.82. The fourth-order valence-electron chi connectivity index (χ4n) is 1.55. The number of carbonyl (C=O) groups is 1. The smallest absolute Gasteiger partial charge is 0.399 e. The minimum Gasteiger partial charge on any atom is -0.399 e. The molecule has 1 amide bonds. The summed E-state index contributed by atoms with van der Waals surface area (Å²) in [6.45, 7) is 2.39. The second-order valence-corrected chi connectivity index (χ2v) is 3.93. The third-order valence-corrected chi connectivity index (χ3v) is 2.39. The fourth-order valence-corrected chi connectivity index (χ4v) is 1.55. The molecule has 0 saturated carbocycles. The van der Waals surface area contributed by atoms with E-state index in [4.69, 9.17) is 5.73 Å².